The van der Waals surface area contributed by atoms with E-state index < -0.39 is 10.0 Å². The highest BCUT2D eigenvalue weighted by Crippen LogP contribution is 2.31. The molecule has 0 aromatic carbocycles. The van der Waals surface area contributed by atoms with Gasteiger partial charge in [-0.2, -0.15) is 4.31 Å². The van der Waals surface area contributed by atoms with Crippen molar-refractivity contribution >= 4 is 33.0 Å². The summed E-state index contributed by atoms with van der Waals surface area (Å²) < 4.78 is 27.5. The van der Waals surface area contributed by atoms with Gasteiger partial charge in [-0.05, 0) is 32.9 Å². The molecule has 1 aromatic heterocycles. The molecule has 2 rings (SSSR count). The van der Waals surface area contributed by atoms with E-state index >= 15 is 0 Å². The van der Waals surface area contributed by atoms with E-state index in [4.69, 9.17) is 11.6 Å². The maximum atomic E-state index is 12.7. The minimum Gasteiger partial charge on any atom is -0.301 e. The predicted molar refractivity (Wildman–Crippen MR) is 86.6 cm³/mol. The van der Waals surface area contributed by atoms with E-state index in [0.29, 0.717) is 24.8 Å². The molecule has 21 heavy (non-hydrogen) atoms. The largest absolute Gasteiger partial charge is 0.301 e. The van der Waals surface area contributed by atoms with Crippen LogP contribution in [0.15, 0.2) is 4.21 Å². The highest BCUT2D eigenvalue weighted by atomic mass is 35.5. The second-order valence-corrected chi connectivity index (χ2v) is 8.91. The summed E-state index contributed by atoms with van der Waals surface area (Å²) in [5.74, 6) is 0. The van der Waals surface area contributed by atoms with Crippen LogP contribution in [0.25, 0.3) is 0 Å². The van der Waals surface area contributed by atoms with Crippen LogP contribution in [0.3, 0.4) is 0 Å². The lowest BCUT2D eigenvalue weighted by atomic mass is 10.1. The van der Waals surface area contributed by atoms with E-state index in [0.717, 1.165) is 37.3 Å². The molecule has 0 bridgehead atoms. The molecule has 0 N–H and O–H groups in total. The third kappa shape index (κ3) is 3.59. The zero-order chi connectivity index (χ0) is 15.6. The Kier molecular flexibility index (Phi) is 5.65. The number of thiazole rings is 1. The summed E-state index contributed by atoms with van der Waals surface area (Å²) in [7, 11) is -3.45. The smallest absolute Gasteiger partial charge is 0.254 e. The van der Waals surface area contributed by atoms with Crippen molar-refractivity contribution in [2.75, 3.05) is 26.2 Å². The summed E-state index contributed by atoms with van der Waals surface area (Å²) in [6.45, 7) is 9.15. The first-order chi connectivity index (χ1) is 9.90. The highest BCUT2D eigenvalue weighted by molar-refractivity contribution is 7.91. The quantitative estimate of drug-likeness (QED) is 0.818. The molecule has 1 saturated heterocycles. The minimum absolute atomic E-state index is 0.282. The van der Waals surface area contributed by atoms with Crippen LogP contribution in [0.4, 0.5) is 0 Å². The number of nitrogens with zero attached hydrogens (tertiary/aromatic N) is 3. The van der Waals surface area contributed by atoms with Crippen LogP contribution in [0.1, 0.15) is 32.4 Å². The lowest BCUT2D eigenvalue weighted by molar-refractivity contribution is 0.152. The first kappa shape index (κ1) is 17.1. The van der Waals surface area contributed by atoms with E-state index in [9.17, 15) is 8.42 Å². The van der Waals surface area contributed by atoms with Crippen LogP contribution in [0, 0.1) is 6.92 Å². The Bertz CT molecular complexity index is 576. The van der Waals surface area contributed by atoms with E-state index in [2.05, 4.69) is 23.7 Å². The Morgan fingerprint density at radius 2 is 1.90 bits per heavy atom. The molecule has 0 radical (unpaired) electrons. The number of hydrogen-bond donors (Lipinski definition) is 0. The van der Waals surface area contributed by atoms with Crippen molar-refractivity contribution in [2.45, 2.75) is 43.9 Å². The van der Waals surface area contributed by atoms with Gasteiger partial charge in [0.05, 0.1) is 5.69 Å². The molecule has 120 valence electrons. The predicted octanol–water partition coefficient (Wildman–Crippen LogP) is 2.60. The van der Waals surface area contributed by atoms with Crippen molar-refractivity contribution in [3.8, 4) is 0 Å². The number of halogens is 1. The normalized spacial score (nSPS) is 18.5. The summed E-state index contributed by atoms with van der Waals surface area (Å²) in [5, 5.41) is 0. The second-order valence-electron chi connectivity index (χ2n) is 5.20. The Morgan fingerprint density at radius 3 is 2.33 bits per heavy atom. The number of aromatic nitrogens is 1. The van der Waals surface area contributed by atoms with Crippen LogP contribution < -0.4 is 0 Å². The second kappa shape index (κ2) is 6.91. The highest BCUT2D eigenvalue weighted by Gasteiger charge is 2.33. The molecule has 0 saturated carbocycles. The molecular formula is C13H22ClN3O2S2. The van der Waals surface area contributed by atoms with Gasteiger partial charge in [-0.3, -0.25) is 0 Å². The van der Waals surface area contributed by atoms with E-state index in [1.807, 2.05) is 0 Å². The molecule has 1 aromatic rings. The van der Waals surface area contributed by atoms with Gasteiger partial charge in [0.2, 0.25) is 0 Å². The van der Waals surface area contributed by atoms with Gasteiger partial charge < -0.3 is 4.90 Å². The molecule has 1 fully saturated rings. The number of aryl methyl sites for hydroxylation is 1. The minimum atomic E-state index is -3.45. The van der Waals surface area contributed by atoms with Gasteiger partial charge in [0, 0.05) is 19.1 Å². The fourth-order valence-electron chi connectivity index (χ4n) is 2.89. The van der Waals surface area contributed by atoms with Gasteiger partial charge in [0.1, 0.15) is 0 Å². The molecule has 1 aliphatic rings. The average Bonchev–Trinajstić information content (AvgIpc) is 2.80. The van der Waals surface area contributed by atoms with Gasteiger partial charge >= 0.3 is 0 Å². The Labute approximate surface area is 136 Å². The number of piperidine rings is 1. The number of hydrogen-bond acceptors (Lipinski definition) is 5. The van der Waals surface area contributed by atoms with Crippen LogP contribution in [-0.4, -0.2) is 54.8 Å². The van der Waals surface area contributed by atoms with E-state index in [1.165, 1.54) is 0 Å². The lowest BCUT2D eigenvalue weighted by Crippen LogP contribution is -2.46. The van der Waals surface area contributed by atoms with Crippen molar-refractivity contribution in [3.05, 3.63) is 10.2 Å². The first-order valence-corrected chi connectivity index (χ1v) is 9.90. The maximum Gasteiger partial charge on any atom is 0.254 e. The third-order valence-electron chi connectivity index (χ3n) is 4.05. The SMILES string of the molecule is CCN(CC)C1CCN(S(=O)(=O)c2sc(Cl)nc2C)CC1. The van der Waals surface area contributed by atoms with Crippen molar-refractivity contribution in [1.29, 1.82) is 0 Å². The van der Waals surface area contributed by atoms with Crippen molar-refractivity contribution in [3.63, 3.8) is 0 Å². The van der Waals surface area contributed by atoms with E-state index in [-0.39, 0.29) is 8.68 Å². The topological polar surface area (TPSA) is 53.5 Å². The molecule has 1 aliphatic heterocycles. The van der Waals surface area contributed by atoms with Crippen molar-refractivity contribution in [1.82, 2.24) is 14.2 Å². The molecule has 5 nitrogen and oxygen atoms in total. The fourth-order valence-corrected chi connectivity index (χ4v) is 6.24. The summed E-state index contributed by atoms with van der Waals surface area (Å²) in [6.07, 6.45) is 1.76. The van der Waals surface area contributed by atoms with E-state index in [1.54, 1.807) is 11.2 Å². The van der Waals surface area contributed by atoms with Crippen LogP contribution in [0.2, 0.25) is 4.47 Å². The fraction of sp³-hybridized carbons (Fsp3) is 0.769. The molecule has 0 atom stereocenters. The molecule has 2 heterocycles. The molecule has 0 unspecified atom stereocenters. The monoisotopic (exact) mass is 351 g/mol. The zero-order valence-corrected chi connectivity index (χ0v) is 15.1. The third-order valence-corrected chi connectivity index (χ3v) is 7.80. The van der Waals surface area contributed by atoms with Crippen LogP contribution >= 0.6 is 22.9 Å². The van der Waals surface area contributed by atoms with Gasteiger partial charge in [-0.1, -0.05) is 36.8 Å². The average molecular weight is 352 g/mol. The zero-order valence-electron chi connectivity index (χ0n) is 12.7. The van der Waals surface area contributed by atoms with Crippen molar-refractivity contribution < 1.29 is 8.42 Å². The van der Waals surface area contributed by atoms with Gasteiger partial charge in [0.15, 0.2) is 8.68 Å². The Morgan fingerprint density at radius 1 is 1.33 bits per heavy atom. The number of sulfonamides is 1. The molecular weight excluding hydrogens is 330 g/mol. The van der Waals surface area contributed by atoms with Gasteiger partial charge in [-0.25, -0.2) is 13.4 Å². The Hall–Kier alpha value is -0.210. The standard InChI is InChI=1S/C13H22ClN3O2S2/c1-4-16(5-2)11-6-8-17(9-7-11)21(18,19)12-10(3)15-13(14)20-12/h11H,4-9H2,1-3H3. The van der Waals surface area contributed by atoms with Crippen molar-refractivity contribution in [2.24, 2.45) is 0 Å². The van der Waals surface area contributed by atoms with Gasteiger partial charge in [-0.15, -0.1) is 0 Å². The molecule has 0 aliphatic carbocycles. The summed E-state index contributed by atoms with van der Waals surface area (Å²) >= 11 is 6.88. The molecule has 8 heteroatoms. The first-order valence-electron chi connectivity index (χ1n) is 7.27. The number of rotatable bonds is 5. The summed E-state index contributed by atoms with van der Waals surface area (Å²) in [4.78, 5) is 6.41. The van der Waals surface area contributed by atoms with Gasteiger partial charge in [0.25, 0.3) is 10.0 Å². The molecule has 0 amide bonds. The lowest BCUT2D eigenvalue weighted by Gasteiger charge is -2.36. The summed E-state index contributed by atoms with van der Waals surface area (Å²) in [5.41, 5.74) is 0.496. The summed E-state index contributed by atoms with van der Waals surface area (Å²) in [6, 6.07) is 0.484. The van der Waals surface area contributed by atoms with Crippen LogP contribution in [-0.2, 0) is 10.0 Å². The Balaban J connectivity index is 2.09. The van der Waals surface area contributed by atoms with Crippen LogP contribution in [0.5, 0.6) is 0 Å². The maximum absolute atomic E-state index is 12.7. The molecule has 0 spiro atoms.